The molecule has 0 radical (unpaired) electrons. The van der Waals surface area contributed by atoms with Crippen LogP contribution in [0.3, 0.4) is 0 Å². The zero-order valence-corrected chi connectivity index (χ0v) is 20.0. The van der Waals surface area contributed by atoms with Crippen LogP contribution in [0, 0.1) is 0 Å². The highest BCUT2D eigenvalue weighted by Crippen LogP contribution is 2.22. The predicted molar refractivity (Wildman–Crippen MR) is 129 cm³/mol. The molecule has 35 heavy (non-hydrogen) atoms. The first kappa shape index (κ1) is 24.6. The Bertz CT molecular complexity index is 1180. The van der Waals surface area contributed by atoms with Crippen LogP contribution in [0.2, 0.25) is 0 Å². The second kappa shape index (κ2) is 11.3. The molecule has 3 aromatic heterocycles. The number of nitrogens with zero attached hydrogens (tertiary/aromatic N) is 5. The Morgan fingerprint density at radius 3 is 2.49 bits per heavy atom. The Balaban J connectivity index is 1.30. The molecule has 0 aromatic carbocycles. The number of carbonyl (C=O) groups is 1. The van der Waals surface area contributed by atoms with Crippen LogP contribution in [0.4, 0.5) is 10.6 Å². The summed E-state index contributed by atoms with van der Waals surface area (Å²) in [7, 11) is -3.65. The number of hydrogen-bond acceptors (Lipinski definition) is 8. The van der Waals surface area contributed by atoms with Crippen LogP contribution in [0.15, 0.2) is 59.8 Å². The lowest BCUT2D eigenvalue weighted by molar-refractivity contribution is 0.190. The number of aromatic nitrogens is 3. The van der Waals surface area contributed by atoms with E-state index in [0.717, 1.165) is 16.9 Å². The largest absolute Gasteiger partial charge is 0.472 e. The summed E-state index contributed by atoms with van der Waals surface area (Å²) in [5.41, 5.74) is 1.89. The van der Waals surface area contributed by atoms with Gasteiger partial charge in [-0.3, -0.25) is 0 Å². The molecule has 4 rings (SSSR count). The third-order valence-corrected chi connectivity index (χ3v) is 7.85. The maximum absolute atomic E-state index is 13.1. The van der Waals surface area contributed by atoms with Gasteiger partial charge in [-0.2, -0.15) is 4.31 Å². The van der Waals surface area contributed by atoms with Gasteiger partial charge in [0.1, 0.15) is 11.6 Å². The Morgan fingerprint density at radius 1 is 1.09 bits per heavy atom. The highest BCUT2D eigenvalue weighted by molar-refractivity contribution is 7.89. The molecule has 0 saturated carbocycles. The normalized spacial score (nSPS) is 15.6. The predicted octanol–water partition coefficient (Wildman–Crippen LogP) is 2.24. The monoisotopic (exact) mass is 500 g/mol. The summed E-state index contributed by atoms with van der Waals surface area (Å²) in [6, 6.07) is 6.74. The van der Waals surface area contributed by atoms with E-state index in [1.54, 1.807) is 37.2 Å². The van der Waals surface area contributed by atoms with Crippen LogP contribution in [0.5, 0.6) is 0 Å². The van der Waals surface area contributed by atoms with E-state index >= 15 is 0 Å². The lowest BCUT2D eigenvalue weighted by Crippen LogP contribution is -2.51. The van der Waals surface area contributed by atoms with Gasteiger partial charge in [-0.05, 0) is 37.1 Å². The van der Waals surface area contributed by atoms with Crippen LogP contribution < -0.4 is 10.2 Å². The van der Waals surface area contributed by atoms with E-state index in [4.69, 9.17) is 4.42 Å². The van der Waals surface area contributed by atoms with Crippen molar-refractivity contribution in [3.63, 3.8) is 0 Å². The van der Waals surface area contributed by atoms with Crippen LogP contribution in [-0.2, 0) is 16.4 Å². The topological polar surface area (TPSA) is 142 Å². The lowest BCUT2D eigenvalue weighted by Gasteiger charge is -2.35. The van der Waals surface area contributed by atoms with Crippen LogP contribution in [-0.4, -0.2) is 76.8 Å². The quantitative estimate of drug-likeness (QED) is 0.428. The minimum absolute atomic E-state index is 0.285. The fourth-order valence-corrected chi connectivity index (χ4v) is 5.75. The molecule has 1 saturated heterocycles. The van der Waals surface area contributed by atoms with Gasteiger partial charge in [0.25, 0.3) is 0 Å². The van der Waals surface area contributed by atoms with Gasteiger partial charge in [0.2, 0.25) is 10.0 Å². The SMILES string of the molecule is O=C(O)NC(CCCc1ncccn1)CS(=O)(=O)N1CCN(c2ccc(-c3ccoc3)cn2)CC1. The van der Waals surface area contributed by atoms with Crippen molar-refractivity contribution in [1.82, 2.24) is 24.6 Å². The van der Waals surface area contributed by atoms with E-state index in [1.165, 1.54) is 4.31 Å². The minimum atomic E-state index is -3.65. The summed E-state index contributed by atoms with van der Waals surface area (Å²) in [6.45, 7) is 1.62. The summed E-state index contributed by atoms with van der Waals surface area (Å²) >= 11 is 0. The number of anilines is 1. The Hall–Kier alpha value is -3.51. The molecule has 2 N–H and O–H groups in total. The van der Waals surface area contributed by atoms with Gasteiger partial charge < -0.3 is 19.7 Å². The molecule has 3 aromatic rings. The second-order valence-corrected chi connectivity index (χ2v) is 10.3. The first-order chi connectivity index (χ1) is 16.9. The van der Waals surface area contributed by atoms with E-state index in [0.29, 0.717) is 51.3 Å². The number of furan rings is 1. The smallest absolute Gasteiger partial charge is 0.404 e. The molecule has 0 bridgehead atoms. The van der Waals surface area contributed by atoms with Crippen molar-refractivity contribution in [2.45, 2.75) is 25.3 Å². The summed E-state index contributed by atoms with van der Waals surface area (Å²) < 4.78 is 32.6. The average molecular weight is 501 g/mol. The zero-order valence-electron chi connectivity index (χ0n) is 19.2. The van der Waals surface area contributed by atoms with Gasteiger partial charge in [0.05, 0.1) is 18.3 Å². The van der Waals surface area contributed by atoms with E-state index in [2.05, 4.69) is 20.3 Å². The maximum Gasteiger partial charge on any atom is 0.404 e. The first-order valence-electron chi connectivity index (χ1n) is 11.4. The van der Waals surface area contributed by atoms with Crippen molar-refractivity contribution in [2.24, 2.45) is 0 Å². The summed E-state index contributed by atoms with van der Waals surface area (Å²) in [5.74, 6) is 1.14. The highest BCUT2D eigenvalue weighted by Gasteiger charge is 2.30. The van der Waals surface area contributed by atoms with E-state index in [1.807, 2.05) is 23.1 Å². The van der Waals surface area contributed by atoms with Gasteiger partial charge in [-0.1, -0.05) is 0 Å². The standard InChI is InChI=1S/C23H28N6O5S/c30-23(31)27-20(3-1-4-21-24-8-2-9-25-21)17-35(32,33)29-12-10-28(11-13-29)22-6-5-18(15-26-22)19-7-14-34-16-19/h2,5-9,14-16,20,27H,1,3-4,10-13,17H2,(H,30,31). The molecule has 0 aliphatic carbocycles. The van der Waals surface area contributed by atoms with Crippen molar-refractivity contribution in [3.8, 4) is 11.1 Å². The van der Waals surface area contributed by atoms with Crippen molar-refractivity contribution >= 4 is 21.9 Å². The molecule has 12 heteroatoms. The molecule has 1 unspecified atom stereocenters. The van der Waals surface area contributed by atoms with Gasteiger partial charge in [0.15, 0.2) is 0 Å². The summed E-state index contributed by atoms with van der Waals surface area (Å²) in [6.07, 6.45) is 8.56. The van der Waals surface area contributed by atoms with Crippen molar-refractivity contribution in [1.29, 1.82) is 0 Å². The number of rotatable bonds is 10. The van der Waals surface area contributed by atoms with Gasteiger partial charge in [0, 0.05) is 68.4 Å². The van der Waals surface area contributed by atoms with Crippen LogP contribution in [0.25, 0.3) is 11.1 Å². The second-order valence-electron chi connectivity index (χ2n) is 8.29. The third-order valence-electron chi connectivity index (χ3n) is 5.87. The highest BCUT2D eigenvalue weighted by atomic mass is 32.2. The maximum atomic E-state index is 13.1. The molecule has 4 heterocycles. The van der Waals surface area contributed by atoms with Crippen LogP contribution >= 0.6 is 0 Å². The Kier molecular flexibility index (Phi) is 7.93. The molecule has 1 aliphatic heterocycles. The number of carboxylic acid groups (broad SMARTS) is 1. The number of sulfonamides is 1. The zero-order chi connectivity index (χ0) is 24.7. The summed E-state index contributed by atoms with van der Waals surface area (Å²) in [5, 5.41) is 11.5. The number of aryl methyl sites for hydroxylation is 1. The molecule has 1 amide bonds. The van der Waals surface area contributed by atoms with Crippen molar-refractivity contribution in [2.75, 3.05) is 36.8 Å². The molecular weight excluding hydrogens is 472 g/mol. The van der Waals surface area contributed by atoms with E-state index in [9.17, 15) is 18.3 Å². The average Bonchev–Trinajstić information content (AvgIpc) is 3.39. The lowest BCUT2D eigenvalue weighted by atomic mass is 10.1. The van der Waals surface area contributed by atoms with E-state index in [-0.39, 0.29) is 5.75 Å². The number of amides is 1. The number of piperazine rings is 1. The fraction of sp³-hybridized carbons (Fsp3) is 0.391. The number of pyridine rings is 1. The molecule has 0 spiro atoms. The van der Waals surface area contributed by atoms with Gasteiger partial charge in [-0.25, -0.2) is 28.2 Å². The molecular formula is C23H28N6O5S. The van der Waals surface area contributed by atoms with Crippen molar-refractivity contribution < 1.29 is 22.7 Å². The van der Waals surface area contributed by atoms with Gasteiger partial charge >= 0.3 is 6.09 Å². The molecule has 1 fully saturated rings. The summed E-state index contributed by atoms with van der Waals surface area (Å²) in [4.78, 5) is 26.1. The molecule has 1 atom stereocenters. The number of nitrogens with one attached hydrogen (secondary N) is 1. The van der Waals surface area contributed by atoms with Crippen LogP contribution in [0.1, 0.15) is 18.7 Å². The molecule has 186 valence electrons. The first-order valence-corrected chi connectivity index (χ1v) is 13.0. The number of hydrogen-bond donors (Lipinski definition) is 2. The minimum Gasteiger partial charge on any atom is -0.472 e. The molecule has 1 aliphatic rings. The molecule has 11 nitrogen and oxygen atoms in total. The van der Waals surface area contributed by atoms with Gasteiger partial charge in [-0.15, -0.1) is 0 Å². The Labute approximate surface area is 203 Å². The van der Waals surface area contributed by atoms with E-state index < -0.39 is 22.2 Å². The van der Waals surface area contributed by atoms with Crippen molar-refractivity contribution in [3.05, 3.63) is 61.2 Å². The Morgan fingerprint density at radius 2 is 1.86 bits per heavy atom. The fourth-order valence-electron chi connectivity index (χ4n) is 4.07. The third kappa shape index (κ3) is 6.76.